The molecule has 2 atom stereocenters. The molecule has 1 amide bonds. The molecule has 1 aliphatic heterocycles. The summed E-state index contributed by atoms with van der Waals surface area (Å²) in [4.78, 5) is 48.9. The van der Waals surface area contributed by atoms with E-state index in [0.29, 0.717) is 40.3 Å². The molecule has 13 heteroatoms. The van der Waals surface area contributed by atoms with Gasteiger partial charge < -0.3 is 34.1 Å². The van der Waals surface area contributed by atoms with E-state index < -0.39 is 29.6 Å². The molecule has 43 heavy (non-hydrogen) atoms. The van der Waals surface area contributed by atoms with Crippen LogP contribution >= 0.6 is 11.3 Å². The molecule has 1 fully saturated rings. The first-order valence-electron chi connectivity index (χ1n) is 13.6. The number of carbonyl (C=O) groups excluding carboxylic acids is 2. The number of carboxylic acid groups (broad SMARTS) is 2. The van der Waals surface area contributed by atoms with Gasteiger partial charge in [-0.15, -0.1) is 11.3 Å². The fraction of sp³-hybridized carbons (Fsp3) is 0.400. The van der Waals surface area contributed by atoms with Crippen LogP contribution in [0.5, 0.6) is 23.0 Å². The van der Waals surface area contributed by atoms with Crippen molar-refractivity contribution in [2.45, 2.75) is 38.8 Å². The van der Waals surface area contributed by atoms with Gasteiger partial charge in [0.2, 0.25) is 5.91 Å². The summed E-state index contributed by atoms with van der Waals surface area (Å²) in [5, 5.41) is 18.7. The molecule has 1 aromatic heterocycles. The number of carbonyl (C=O) groups is 4. The van der Waals surface area contributed by atoms with Gasteiger partial charge in [-0.1, -0.05) is 0 Å². The first kappa shape index (κ1) is 30.1. The van der Waals surface area contributed by atoms with Crippen molar-refractivity contribution in [1.82, 2.24) is 4.90 Å². The Hall–Kier alpha value is -4.39. The van der Waals surface area contributed by atoms with Gasteiger partial charge in [-0.05, 0) is 35.6 Å². The van der Waals surface area contributed by atoms with Gasteiger partial charge in [-0.2, -0.15) is 0 Å². The number of fused-ring (bicyclic) bond motifs is 2. The van der Waals surface area contributed by atoms with Crippen molar-refractivity contribution in [1.29, 1.82) is 0 Å². The van der Waals surface area contributed by atoms with E-state index in [1.165, 1.54) is 30.5 Å². The van der Waals surface area contributed by atoms with E-state index in [2.05, 4.69) is 0 Å². The minimum absolute atomic E-state index is 0.0159. The number of aliphatic carboxylic acids is 2. The molecule has 228 valence electrons. The summed E-state index contributed by atoms with van der Waals surface area (Å²) in [6.45, 7) is 0.481. The van der Waals surface area contributed by atoms with Crippen LogP contribution in [0.3, 0.4) is 0 Å². The highest BCUT2D eigenvalue weighted by molar-refractivity contribution is 7.20. The molecule has 1 saturated carbocycles. The molecule has 11 nitrogen and oxygen atoms in total. The van der Waals surface area contributed by atoms with Gasteiger partial charge in [0.15, 0.2) is 34.6 Å². The number of ether oxygens (including phenoxy) is 4. The van der Waals surface area contributed by atoms with Crippen LogP contribution in [-0.2, 0) is 27.5 Å². The number of rotatable bonds is 14. The molecular formula is C30H30FNO10S. The number of benzene rings is 2. The van der Waals surface area contributed by atoms with Crippen LogP contribution in [0.1, 0.15) is 46.5 Å². The molecule has 1 aliphatic carbocycles. The Morgan fingerprint density at radius 1 is 0.930 bits per heavy atom. The van der Waals surface area contributed by atoms with Crippen molar-refractivity contribution < 1.29 is 52.7 Å². The number of nitrogens with zero attached hydrogens (tertiary/aromatic N) is 1. The van der Waals surface area contributed by atoms with Gasteiger partial charge in [0.25, 0.3) is 0 Å². The summed E-state index contributed by atoms with van der Waals surface area (Å²) in [6, 6.07) is 6.89. The highest BCUT2D eigenvalue weighted by Crippen LogP contribution is 2.44. The maximum atomic E-state index is 15.4. The highest BCUT2D eigenvalue weighted by atomic mass is 32.1. The van der Waals surface area contributed by atoms with E-state index >= 15 is 4.39 Å². The number of halogens is 1. The molecule has 2 aliphatic rings. The minimum atomic E-state index is -1.07. The Labute approximate surface area is 249 Å². The zero-order valence-electron chi connectivity index (χ0n) is 23.5. The quantitative estimate of drug-likeness (QED) is 0.196. The van der Waals surface area contributed by atoms with Crippen LogP contribution in [0.2, 0.25) is 0 Å². The summed E-state index contributed by atoms with van der Waals surface area (Å²) < 4.78 is 38.7. The largest absolute Gasteiger partial charge is 0.493 e. The first-order valence-corrected chi connectivity index (χ1v) is 14.4. The number of methoxy groups -OCH3 is 2. The molecule has 0 spiro atoms. The Morgan fingerprint density at radius 2 is 1.67 bits per heavy atom. The monoisotopic (exact) mass is 615 g/mol. The first-order chi connectivity index (χ1) is 20.6. The normalized spacial score (nSPS) is 17.0. The second-order valence-electron chi connectivity index (χ2n) is 10.4. The molecule has 3 aromatic rings. The summed E-state index contributed by atoms with van der Waals surface area (Å²) in [5.74, 6) is -3.25. The Bertz CT molecular complexity index is 1600. The summed E-state index contributed by atoms with van der Waals surface area (Å²) in [7, 11) is 2.89. The highest BCUT2D eigenvalue weighted by Gasteiger charge is 2.48. The van der Waals surface area contributed by atoms with E-state index in [0.717, 1.165) is 10.1 Å². The molecule has 0 radical (unpaired) electrons. The van der Waals surface area contributed by atoms with Crippen molar-refractivity contribution in [2.75, 3.05) is 27.4 Å². The third kappa shape index (κ3) is 6.36. The van der Waals surface area contributed by atoms with Crippen molar-refractivity contribution >= 4 is 45.1 Å². The van der Waals surface area contributed by atoms with Gasteiger partial charge in [0.1, 0.15) is 0 Å². The average molecular weight is 616 g/mol. The Kier molecular flexibility index (Phi) is 8.71. The summed E-state index contributed by atoms with van der Waals surface area (Å²) >= 11 is 1.28. The predicted molar refractivity (Wildman–Crippen MR) is 152 cm³/mol. The van der Waals surface area contributed by atoms with Crippen molar-refractivity contribution in [3.63, 3.8) is 0 Å². The lowest BCUT2D eigenvalue weighted by Gasteiger charge is -2.15. The molecule has 2 N–H and O–H groups in total. The topological polar surface area (TPSA) is 149 Å². The lowest BCUT2D eigenvalue weighted by molar-refractivity contribution is -0.141. The number of hydrogen-bond acceptors (Lipinski definition) is 9. The zero-order valence-corrected chi connectivity index (χ0v) is 24.3. The van der Waals surface area contributed by atoms with E-state index in [-0.39, 0.29) is 62.3 Å². The number of amides is 1. The molecule has 0 unspecified atom stereocenters. The van der Waals surface area contributed by atoms with E-state index in [1.54, 1.807) is 24.3 Å². The smallest absolute Gasteiger partial charge is 0.307 e. The average Bonchev–Trinajstić information content (AvgIpc) is 3.51. The van der Waals surface area contributed by atoms with Crippen LogP contribution < -0.4 is 18.9 Å². The van der Waals surface area contributed by atoms with Crippen molar-refractivity contribution in [3.05, 3.63) is 46.1 Å². The van der Waals surface area contributed by atoms with Crippen molar-refractivity contribution in [3.8, 4) is 23.0 Å². The predicted octanol–water partition coefficient (Wildman–Crippen LogP) is 4.52. The SMILES string of the molecule is COc1cc2sc(C(=O)[C@@H]3C[C@H]3C(=O)O)cc2cc1OCCCOc1c(OC)cc2c(c1F)CN(C(=O)CCC(=O)O)C2. The molecule has 2 aromatic carbocycles. The lowest BCUT2D eigenvalue weighted by Crippen LogP contribution is -2.25. The van der Waals surface area contributed by atoms with Gasteiger partial charge in [-0.25, -0.2) is 4.39 Å². The van der Waals surface area contributed by atoms with Crippen LogP contribution in [0, 0.1) is 17.7 Å². The maximum Gasteiger partial charge on any atom is 0.307 e. The van der Waals surface area contributed by atoms with Crippen molar-refractivity contribution in [2.24, 2.45) is 11.8 Å². The molecule has 2 heterocycles. The fourth-order valence-corrected chi connectivity index (χ4v) is 6.17. The number of ketones is 1. The fourth-order valence-electron chi connectivity index (χ4n) is 5.09. The van der Waals surface area contributed by atoms with E-state index in [4.69, 9.17) is 29.2 Å². The summed E-state index contributed by atoms with van der Waals surface area (Å²) in [5.41, 5.74) is 0.885. The summed E-state index contributed by atoms with van der Waals surface area (Å²) in [6.07, 6.45) is 0.280. The number of hydrogen-bond donors (Lipinski definition) is 2. The van der Waals surface area contributed by atoms with E-state index in [1.807, 2.05) is 0 Å². The minimum Gasteiger partial charge on any atom is -0.493 e. The molecule has 0 saturated heterocycles. The van der Waals surface area contributed by atoms with Crippen LogP contribution in [0.4, 0.5) is 4.39 Å². The molecular weight excluding hydrogens is 585 g/mol. The van der Waals surface area contributed by atoms with Crippen LogP contribution in [-0.4, -0.2) is 66.2 Å². The Morgan fingerprint density at radius 3 is 2.35 bits per heavy atom. The number of thiophene rings is 1. The number of Topliss-reactive ketones (excluding diaryl/α,β-unsaturated/α-hetero) is 1. The second kappa shape index (κ2) is 12.5. The third-order valence-corrected chi connectivity index (χ3v) is 8.61. The van der Waals surface area contributed by atoms with Gasteiger partial charge in [0, 0.05) is 48.2 Å². The zero-order chi connectivity index (χ0) is 30.8. The standard InChI is InChI=1S/C30H30FNO10S/c1-39-20-12-23-15(10-24(43-23)28(36)17-11-18(17)30(37)38)8-21(20)41-6-3-7-42-29-22(40-2)9-16-13-32(14-19(16)27(29)31)25(33)4-5-26(34)35/h8-10,12,17-18H,3-7,11,13-14H2,1-2H3,(H,34,35)(H,37,38)/t17-,18-/m1/s1. The Balaban J connectivity index is 1.19. The van der Waals surface area contributed by atoms with Crippen LogP contribution in [0.15, 0.2) is 24.3 Å². The van der Waals surface area contributed by atoms with Gasteiger partial charge in [-0.3, -0.25) is 19.2 Å². The number of carboxylic acids is 2. The van der Waals surface area contributed by atoms with Gasteiger partial charge >= 0.3 is 11.9 Å². The van der Waals surface area contributed by atoms with Gasteiger partial charge in [0.05, 0.1) is 44.6 Å². The van der Waals surface area contributed by atoms with E-state index in [9.17, 15) is 19.2 Å². The molecule has 0 bridgehead atoms. The maximum absolute atomic E-state index is 15.4. The lowest BCUT2D eigenvalue weighted by atomic mass is 10.1. The third-order valence-electron chi connectivity index (χ3n) is 7.50. The molecule has 5 rings (SSSR count). The second-order valence-corrected chi connectivity index (χ2v) is 11.4. The van der Waals surface area contributed by atoms with Crippen LogP contribution in [0.25, 0.3) is 10.1 Å².